The minimum atomic E-state index is -0.641. The van der Waals surface area contributed by atoms with Crippen LogP contribution in [0.5, 0.6) is 0 Å². The molecule has 1 aromatic carbocycles. The summed E-state index contributed by atoms with van der Waals surface area (Å²) < 4.78 is 12.1. The number of nitrogens with zero attached hydrogens (tertiary/aromatic N) is 3. The summed E-state index contributed by atoms with van der Waals surface area (Å²) in [7, 11) is 0. The molecule has 0 radical (unpaired) electrons. The van der Waals surface area contributed by atoms with Gasteiger partial charge in [-0.1, -0.05) is 30.0 Å². The van der Waals surface area contributed by atoms with Crippen molar-refractivity contribution in [3.05, 3.63) is 74.0 Å². The minimum absolute atomic E-state index is 0.0700. The third-order valence-corrected chi connectivity index (χ3v) is 8.77. The van der Waals surface area contributed by atoms with Crippen molar-refractivity contribution in [1.29, 1.82) is 0 Å². The van der Waals surface area contributed by atoms with E-state index in [2.05, 4.69) is 20.8 Å². The van der Waals surface area contributed by atoms with Gasteiger partial charge in [-0.3, -0.25) is 14.2 Å². The molecule has 0 bridgehead atoms. The lowest BCUT2D eigenvalue weighted by Gasteiger charge is -2.12. The molecule has 0 spiro atoms. The predicted octanol–water partition coefficient (Wildman–Crippen LogP) is 5.02. The zero-order chi connectivity index (χ0) is 30.2. The van der Waals surface area contributed by atoms with Gasteiger partial charge in [0.05, 0.1) is 36.0 Å². The summed E-state index contributed by atoms with van der Waals surface area (Å²) in [5.41, 5.74) is 2.30. The quantitative estimate of drug-likeness (QED) is 0.164. The van der Waals surface area contributed by atoms with Gasteiger partial charge in [0, 0.05) is 5.69 Å². The number of anilines is 1. The summed E-state index contributed by atoms with van der Waals surface area (Å²) in [5.74, 6) is -1.44. The molecule has 0 fully saturated rings. The van der Waals surface area contributed by atoms with Crippen LogP contribution in [0.1, 0.15) is 60.5 Å². The number of aromatic nitrogens is 3. The van der Waals surface area contributed by atoms with Crippen LogP contribution >= 0.6 is 34.4 Å². The van der Waals surface area contributed by atoms with E-state index in [1.807, 2.05) is 36.6 Å². The van der Waals surface area contributed by atoms with Crippen molar-refractivity contribution in [2.75, 3.05) is 24.3 Å². The molecule has 11 nitrogen and oxygen atoms in total. The number of aryl methyl sites for hydroxylation is 1. The van der Waals surface area contributed by atoms with E-state index < -0.39 is 17.8 Å². The first-order chi connectivity index (χ1) is 20.2. The van der Waals surface area contributed by atoms with Crippen molar-refractivity contribution in [3.63, 3.8) is 0 Å². The molecule has 4 rings (SSSR count). The van der Waals surface area contributed by atoms with Gasteiger partial charge in [0.1, 0.15) is 9.88 Å². The minimum Gasteiger partial charge on any atom is -0.462 e. The average molecular weight is 628 g/mol. The van der Waals surface area contributed by atoms with Gasteiger partial charge in [-0.05, 0) is 62.4 Å². The number of carbonyl (C=O) groups is 4. The average Bonchev–Trinajstić information content (AvgIpc) is 3.70. The number of carbonyl (C=O) groups excluding carboxylic acids is 4. The molecule has 220 valence electrons. The van der Waals surface area contributed by atoms with Crippen LogP contribution in [0.4, 0.5) is 5.00 Å². The molecule has 0 saturated carbocycles. The fraction of sp³-hybridized carbons (Fsp3) is 0.286. The first kappa shape index (κ1) is 30.9. The Labute approximate surface area is 254 Å². The topological polar surface area (TPSA) is 142 Å². The van der Waals surface area contributed by atoms with Crippen molar-refractivity contribution >= 4 is 63.2 Å². The SMILES string of the molecule is CCOC(=O)c1sc(NC(=O)CSc2nnc(CNC(=O)c3cccs3)n2-c2cccc(C)c2)c(C(=O)OCC)c1C. The zero-order valence-corrected chi connectivity index (χ0v) is 25.8. The third kappa shape index (κ3) is 7.24. The molecule has 14 heteroatoms. The molecular weight excluding hydrogens is 599 g/mol. The van der Waals surface area contributed by atoms with Gasteiger partial charge in [-0.25, -0.2) is 9.59 Å². The number of benzene rings is 1. The Hall–Kier alpha value is -4.01. The van der Waals surface area contributed by atoms with E-state index in [1.54, 1.807) is 37.5 Å². The molecule has 42 heavy (non-hydrogen) atoms. The van der Waals surface area contributed by atoms with Gasteiger partial charge < -0.3 is 20.1 Å². The highest BCUT2D eigenvalue weighted by atomic mass is 32.2. The van der Waals surface area contributed by atoms with Crippen LogP contribution in [0.15, 0.2) is 46.9 Å². The summed E-state index contributed by atoms with van der Waals surface area (Å²) in [6.45, 7) is 7.36. The summed E-state index contributed by atoms with van der Waals surface area (Å²) in [6.07, 6.45) is 0. The number of amides is 2. The molecule has 0 saturated heterocycles. The Bertz CT molecular complexity index is 1600. The van der Waals surface area contributed by atoms with Crippen LogP contribution in [-0.2, 0) is 20.8 Å². The lowest BCUT2D eigenvalue weighted by Crippen LogP contribution is -2.24. The molecule has 0 unspecified atom stereocenters. The number of thioether (sulfide) groups is 1. The Morgan fingerprint density at radius 3 is 2.45 bits per heavy atom. The van der Waals surface area contributed by atoms with Crippen LogP contribution in [-0.4, -0.2) is 57.5 Å². The number of hydrogen-bond donors (Lipinski definition) is 2. The van der Waals surface area contributed by atoms with Gasteiger partial charge in [0.25, 0.3) is 5.91 Å². The fourth-order valence-corrected chi connectivity index (χ4v) is 6.44. The molecule has 3 heterocycles. The molecule has 0 aliphatic heterocycles. The van der Waals surface area contributed by atoms with Crippen molar-refractivity contribution in [2.24, 2.45) is 0 Å². The molecule has 4 aromatic rings. The first-order valence-electron chi connectivity index (χ1n) is 13.0. The van der Waals surface area contributed by atoms with E-state index in [9.17, 15) is 19.2 Å². The van der Waals surface area contributed by atoms with E-state index in [4.69, 9.17) is 9.47 Å². The van der Waals surface area contributed by atoms with Crippen molar-refractivity contribution < 1.29 is 28.7 Å². The van der Waals surface area contributed by atoms with E-state index in [0.717, 1.165) is 34.3 Å². The number of nitrogens with one attached hydrogen (secondary N) is 2. The monoisotopic (exact) mass is 627 g/mol. The molecule has 0 aliphatic carbocycles. The Morgan fingerprint density at radius 1 is 1.00 bits per heavy atom. The van der Waals surface area contributed by atoms with Crippen LogP contribution in [0.3, 0.4) is 0 Å². The fourth-order valence-electron chi connectivity index (χ4n) is 3.92. The predicted molar refractivity (Wildman–Crippen MR) is 162 cm³/mol. The molecule has 3 aromatic heterocycles. The molecule has 2 N–H and O–H groups in total. The lowest BCUT2D eigenvalue weighted by molar-refractivity contribution is -0.113. The normalized spacial score (nSPS) is 10.8. The van der Waals surface area contributed by atoms with Crippen LogP contribution < -0.4 is 10.6 Å². The van der Waals surface area contributed by atoms with Gasteiger partial charge >= 0.3 is 11.9 Å². The van der Waals surface area contributed by atoms with Crippen molar-refractivity contribution in [3.8, 4) is 5.69 Å². The molecule has 2 amide bonds. The largest absolute Gasteiger partial charge is 0.462 e. The molecular formula is C28H29N5O6S3. The van der Waals surface area contributed by atoms with Gasteiger partial charge in [0.15, 0.2) is 11.0 Å². The summed E-state index contributed by atoms with van der Waals surface area (Å²) in [5, 5.41) is 16.7. The Balaban J connectivity index is 1.54. The van der Waals surface area contributed by atoms with Gasteiger partial charge in [-0.2, -0.15) is 0 Å². The summed E-state index contributed by atoms with van der Waals surface area (Å²) in [6, 6.07) is 11.2. The number of ether oxygens (including phenoxy) is 2. The maximum Gasteiger partial charge on any atom is 0.348 e. The number of rotatable bonds is 12. The zero-order valence-electron chi connectivity index (χ0n) is 23.4. The molecule has 0 aliphatic rings. The smallest absolute Gasteiger partial charge is 0.348 e. The van der Waals surface area contributed by atoms with E-state index in [1.165, 1.54) is 11.3 Å². The standard InChI is InChI=1S/C28H29N5O6S3/c1-5-38-26(36)22-17(4)23(27(37)39-6-2)42-25(22)30-21(34)15-41-28-32-31-20(14-29-24(35)19-11-8-12-40-19)33(28)18-10-7-9-16(3)13-18/h7-13H,5-6,14-15H2,1-4H3,(H,29,35)(H,30,34). The Morgan fingerprint density at radius 2 is 1.76 bits per heavy atom. The highest BCUT2D eigenvalue weighted by molar-refractivity contribution is 7.99. The highest BCUT2D eigenvalue weighted by Crippen LogP contribution is 2.35. The highest BCUT2D eigenvalue weighted by Gasteiger charge is 2.27. The maximum atomic E-state index is 13.1. The Kier molecular flexibility index (Phi) is 10.5. The second kappa shape index (κ2) is 14.2. The van der Waals surface area contributed by atoms with Crippen molar-refractivity contribution in [2.45, 2.75) is 39.4 Å². The summed E-state index contributed by atoms with van der Waals surface area (Å²) in [4.78, 5) is 51.5. The number of thiophene rings is 2. The second-order valence-corrected chi connectivity index (χ2v) is 11.7. The van der Waals surface area contributed by atoms with Crippen LogP contribution in [0.25, 0.3) is 5.69 Å². The van der Waals surface area contributed by atoms with Crippen LogP contribution in [0, 0.1) is 13.8 Å². The van der Waals surface area contributed by atoms with Gasteiger partial charge in [0.2, 0.25) is 5.91 Å². The van der Waals surface area contributed by atoms with E-state index >= 15 is 0 Å². The third-order valence-electron chi connectivity index (χ3n) is 5.78. The molecule has 0 atom stereocenters. The maximum absolute atomic E-state index is 13.1. The van der Waals surface area contributed by atoms with Crippen molar-refractivity contribution in [1.82, 2.24) is 20.1 Å². The summed E-state index contributed by atoms with van der Waals surface area (Å²) >= 11 is 3.44. The van der Waals surface area contributed by atoms with Crippen LogP contribution in [0.2, 0.25) is 0 Å². The first-order valence-corrected chi connectivity index (χ1v) is 15.6. The van der Waals surface area contributed by atoms with E-state index in [0.29, 0.717) is 21.4 Å². The van der Waals surface area contributed by atoms with Gasteiger partial charge in [-0.15, -0.1) is 32.9 Å². The van der Waals surface area contributed by atoms with E-state index in [-0.39, 0.29) is 46.9 Å². The number of esters is 2. The second-order valence-electron chi connectivity index (χ2n) is 8.77. The lowest BCUT2D eigenvalue weighted by atomic mass is 10.1. The number of hydrogen-bond acceptors (Lipinski definition) is 11.